The molecule has 0 saturated heterocycles. The van der Waals surface area contributed by atoms with E-state index in [1.54, 1.807) is 31.2 Å². The summed E-state index contributed by atoms with van der Waals surface area (Å²) in [4.78, 5) is 12.6. The van der Waals surface area contributed by atoms with E-state index < -0.39 is 15.7 Å². The smallest absolute Gasteiger partial charge is 0.344 e. The summed E-state index contributed by atoms with van der Waals surface area (Å²) in [7, 11) is -0.631. The summed E-state index contributed by atoms with van der Waals surface area (Å²) in [5, 5.41) is 0.667. The Balaban J connectivity index is 2.18. The maximum atomic E-state index is 12.6. The van der Waals surface area contributed by atoms with E-state index >= 15 is 0 Å². The Hall–Kier alpha value is -3.00. The molecule has 0 aliphatic rings. The average Bonchev–Trinajstić information content (AvgIpc) is 2.59. The maximum absolute atomic E-state index is 12.6. The van der Waals surface area contributed by atoms with E-state index in [2.05, 4.69) is 0 Å². The van der Waals surface area contributed by atoms with Crippen molar-refractivity contribution in [2.75, 3.05) is 20.5 Å². The molecular weight excluding hydrogens is 372 g/mol. The number of benzene rings is 2. The van der Waals surface area contributed by atoms with Gasteiger partial charge in [-0.05, 0) is 42.3 Å². The Kier molecular flexibility index (Phi) is 4.84. The highest BCUT2D eigenvalue weighted by molar-refractivity contribution is 7.86. The van der Waals surface area contributed by atoms with Crippen molar-refractivity contribution >= 4 is 21.1 Å². The molecule has 0 unspecified atom stereocenters. The van der Waals surface area contributed by atoms with Crippen LogP contribution in [0.1, 0.15) is 5.56 Å². The van der Waals surface area contributed by atoms with E-state index in [1.165, 1.54) is 26.4 Å². The zero-order valence-electron chi connectivity index (χ0n) is 15.2. The molecule has 3 rings (SSSR count). The van der Waals surface area contributed by atoms with Gasteiger partial charge in [0.05, 0.1) is 26.0 Å². The first-order valence-corrected chi connectivity index (χ1v) is 9.74. The van der Waals surface area contributed by atoms with Gasteiger partial charge >= 0.3 is 15.7 Å². The van der Waals surface area contributed by atoms with Crippen molar-refractivity contribution in [3.8, 4) is 28.4 Å². The largest absolute Gasteiger partial charge is 0.493 e. The van der Waals surface area contributed by atoms with Crippen LogP contribution >= 0.6 is 0 Å². The Morgan fingerprint density at radius 3 is 2.30 bits per heavy atom. The lowest BCUT2D eigenvalue weighted by molar-refractivity contribution is 0.355. The molecule has 0 atom stereocenters. The molecule has 2 aromatic carbocycles. The van der Waals surface area contributed by atoms with Gasteiger partial charge in [-0.25, -0.2) is 4.79 Å². The standard InChI is InChI=1S/C19H18O7S/c1-11-14-7-6-13(26-27(4,21)22)10-16(14)25-19(20)18(11)12-5-8-15(23-2)17(9-12)24-3/h5-10H,1-4H3. The predicted molar refractivity (Wildman–Crippen MR) is 101 cm³/mol. The fourth-order valence-corrected chi connectivity index (χ4v) is 3.34. The van der Waals surface area contributed by atoms with Crippen LogP contribution in [0.25, 0.3) is 22.1 Å². The van der Waals surface area contributed by atoms with E-state index in [1.807, 2.05) is 0 Å². The minimum atomic E-state index is -3.68. The monoisotopic (exact) mass is 390 g/mol. The second-order valence-corrected chi connectivity index (χ2v) is 7.48. The highest BCUT2D eigenvalue weighted by atomic mass is 32.2. The van der Waals surface area contributed by atoms with Crippen molar-refractivity contribution < 1.29 is 26.5 Å². The van der Waals surface area contributed by atoms with Gasteiger partial charge in [-0.2, -0.15) is 8.42 Å². The molecular formula is C19H18O7S. The van der Waals surface area contributed by atoms with Crippen molar-refractivity contribution in [2.24, 2.45) is 0 Å². The van der Waals surface area contributed by atoms with Crippen LogP contribution in [0, 0.1) is 6.92 Å². The van der Waals surface area contributed by atoms with Crippen LogP contribution in [0.15, 0.2) is 45.6 Å². The Morgan fingerprint density at radius 1 is 0.963 bits per heavy atom. The highest BCUT2D eigenvalue weighted by Crippen LogP contribution is 2.34. The first-order chi connectivity index (χ1) is 12.7. The van der Waals surface area contributed by atoms with E-state index in [-0.39, 0.29) is 11.3 Å². The van der Waals surface area contributed by atoms with Crippen molar-refractivity contribution in [2.45, 2.75) is 6.92 Å². The number of rotatable bonds is 5. The molecule has 0 aliphatic heterocycles. The number of fused-ring (bicyclic) bond motifs is 1. The van der Waals surface area contributed by atoms with Crippen molar-refractivity contribution in [3.05, 3.63) is 52.4 Å². The molecule has 7 nitrogen and oxygen atoms in total. The molecule has 142 valence electrons. The Labute approximate surface area is 156 Å². The van der Waals surface area contributed by atoms with Crippen LogP contribution in [-0.2, 0) is 10.1 Å². The predicted octanol–water partition coefficient (Wildman–Crippen LogP) is 3.12. The molecule has 0 saturated carbocycles. The molecule has 1 aromatic heterocycles. The van der Waals surface area contributed by atoms with Crippen LogP contribution in [-0.4, -0.2) is 28.9 Å². The van der Waals surface area contributed by atoms with Gasteiger partial charge in [-0.15, -0.1) is 0 Å². The van der Waals surface area contributed by atoms with Crippen LogP contribution in [0.2, 0.25) is 0 Å². The normalized spacial score (nSPS) is 11.4. The molecule has 0 N–H and O–H groups in total. The van der Waals surface area contributed by atoms with Crippen LogP contribution in [0.3, 0.4) is 0 Å². The topological polar surface area (TPSA) is 92.0 Å². The van der Waals surface area contributed by atoms with E-state index in [0.29, 0.717) is 33.6 Å². The second kappa shape index (κ2) is 6.96. The molecule has 0 bridgehead atoms. The van der Waals surface area contributed by atoms with E-state index in [4.69, 9.17) is 18.1 Å². The first kappa shape index (κ1) is 18.8. The SMILES string of the molecule is COc1ccc(-c2c(C)c3ccc(OS(C)(=O)=O)cc3oc2=O)cc1OC. The summed E-state index contributed by atoms with van der Waals surface area (Å²) in [5.41, 5.74) is 1.39. The van der Waals surface area contributed by atoms with Crippen molar-refractivity contribution in [1.82, 2.24) is 0 Å². The summed E-state index contributed by atoms with van der Waals surface area (Å²) in [6.07, 6.45) is 0.943. The van der Waals surface area contributed by atoms with Crippen LogP contribution < -0.4 is 19.3 Å². The zero-order valence-corrected chi connectivity index (χ0v) is 16.0. The fourth-order valence-electron chi connectivity index (χ4n) is 2.89. The number of aryl methyl sites for hydroxylation is 1. The first-order valence-electron chi connectivity index (χ1n) is 7.93. The number of hydrogen-bond acceptors (Lipinski definition) is 7. The molecule has 0 amide bonds. The lowest BCUT2D eigenvalue weighted by Crippen LogP contribution is -2.08. The fraction of sp³-hybridized carbons (Fsp3) is 0.211. The number of methoxy groups -OCH3 is 2. The zero-order chi connectivity index (χ0) is 19.8. The van der Waals surface area contributed by atoms with Gasteiger partial charge < -0.3 is 18.1 Å². The van der Waals surface area contributed by atoms with Gasteiger partial charge in [0.15, 0.2) is 11.5 Å². The highest BCUT2D eigenvalue weighted by Gasteiger charge is 2.16. The van der Waals surface area contributed by atoms with Crippen LogP contribution in [0.5, 0.6) is 17.2 Å². The van der Waals surface area contributed by atoms with Crippen molar-refractivity contribution in [3.63, 3.8) is 0 Å². The molecule has 1 heterocycles. The summed E-state index contributed by atoms with van der Waals surface area (Å²) >= 11 is 0. The molecule has 0 radical (unpaired) electrons. The third-order valence-electron chi connectivity index (χ3n) is 4.06. The maximum Gasteiger partial charge on any atom is 0.344 e. The average molecular weight is 390 g/mol. The minimum Gasteiger partial charge on any atom is -0.493 e. The third-order valence-corrected chi connectivity index (χ3v) is 4.55. The summed E-state index contributed by atoms with van der Waals surface area (Å²) in [6.45, 7) is 1.79. The van der Waals surface area contributed by atoms with Gasteiger partial charge in [0.25, 0.3) is 0 Å². The molecule has 27 heavy (non-hydrogen) atoms. The lowest BCUT2D eigenvalue weighted by Gasteiger charge is -2.12. The number of hydrogen-bond donors (Lipinski definition) is 0. The molecule has 0 aliphatic carbocycles. The van der Waals surface area contributed by atoms with Gasteiger partial charge in [-0.1, -0.05) is 6.07 Å². The lowest BCUT2D eigenvalue weighted by atomic mass is 9.99. The third kappa shape index (κ3) is 3.75. The minimum absolute atomic E-state index is 0.0754. The molecule has 8 heteroatoms. The second-order valence-electron chi connectivity index (χ2n) is 5.90. The van der Waals surface area contributed by atoms with Gasteiger partial charge in [0.2, 0.25) is 0 Å². The van der Waals surface area contributed by atoms with Crippen molar-refractivity contribution in [1.29, 1.82) is 0 Å². The van der Waals surface area contributed by atoms with E-state index in [0.717, 1.165) is 6.26 Å². The quantitative estimate of drug-likeness (QED) is 0.488. The number of ether oxygens (including phenoxy) is 2. The molecule has 3 aromatic rings. The Bertz CT molecular complexity index is 1180. The van der Waals surface area contributed by atoms with E-state index in [9.17, 15) is 13.2 Å². The van der Waals surface area contributed by atoms with Gasteiger partial charge in [-0.3, -0.25) is 0 Å². The van der Waals surface area contributed by atoms with Crippen LogP contribution in [0.4, 0.5) is 0 Å². The molecule has 0 fully saturated rings. The van der Waals surface area contributed by atoms with Gasteiger partial charge in [0, 0.05) is 11.5 Å². The molecule has 0 spiro atoms. The Morgan fingerprint density at radius 2 is 1.67 bits per heavy atom. The summed E-state index contributed by atoms with van der Waals surface area (Å²) in [6, 6.07) is 9.69. The van der Waals surface area contributed by atoms with Gasteiger partial charge in [0.1, 0.15) is 11.3 Å². The summed E-state index contributed by atoms with van der Waals surface area (Å²) in [5.74, 6) is 1.11. The summed E-state index contributed by atoms with van der Waals surface area (Å²) < 4.78 is 43.3.